The monoisotopic (exact) mass is 460 g/mol. The van der Waals surface area contributed by atoms with E-state index in [1.807, 2.05) is 0 Å². The summed E-state index contributed by atoms with van der Waals surface area (Å²) in [5.41, 5.74) is 2.73. The molecule has 1 fully saturated rings. The summed E-state index contributed by atoms with van der Waals surface area (Å²) in [7, 11) is 1.72. The average molecular weight is 461 g/mol. The van der Waals surface area contributed by atoms with E-state index in [1.54, 1.807) is 32.2 Å². The zero-order chi connectivity index (χ0) is 24.1. The summed E-state index contributed by atoms with van der Waals surface area (Å²) in [5.74, 6) is 1.79. The number of carbonyl (C=O) groups excluding carboxylic acids is 1. The number of ether oxygens (including phenoxy) is 1. The summed E-state index contributed by atoms with van der Waals surface area (Å²) < 4.78 is 18.6. The lowest BCUT2D eigenvalue weighted by molar-refractivity contribution is -0.129. The highest BCUT2D eigenvalue weighted by Gasteiger charge is 2.56. The molecule has 3 aliphatic rings. The molecule has 0 saturated heterocycles. The van der Waals surface area contributed by atoms with Gasteiger partial charge in [-0.3, -0.25) is 4.79 Å². The Morgan fingerprint density at radius 1 is 1.21 bits per heavy atom. The van der Waals surface area contributed by atoms with Crippen molar-refractivity contribution < 1.29 is 19.0 Å². The zero-order valence-corrected chi connectivity index (χ0v) is 20.2. The number of fused-ring (bicyclic) bond motifs is 5. The van der Waals surface area contributed by atoms with Crippen LogP contribution in [0.2, 0.25) is 0 Å². The number of halogens is 1. The molecule has 1 N–H and O–H groups in total. The van der Waals surface area contributed by atoms with Gasteiger partial charge in [-0.1, -0.05) is 37.3 Å². The van der Waals surface area contributed by atoms with Crippen molar-refractivity contribution in [1.82, 2.24) is 0 Å². The Balaban J connectivity index is 1.37. The Hall–Kier alpha value is -2.72. The van der Waals surface area contributed by atoms with Gasteiger partial charge < -0.3 is 9.84 Å². The number of ketones is 1. The Bertz CT molecular complexity index is 1160. The minimum atomic E-state index is -1.55. The van der Waals surface area contributed by atoms with Gasteiger partial charge >= 0.3 is 0 Å². The topological polar surface area (TPSA) is 46.5 Å². The Labute approximate surface area is 201 Å². The summed E-state index contributed by atoms with van der Waals surface area (Å²) in [6.45, 7) is 3.89. The summed E-state index contributed by atoms with van der Waals surface area (Å²) in [6.07, 6.45) is 10.3. The summed E-state index contributed by atoms with van der Waals surface area (Å²) in [5, 5.41) is 11.5. The van der Waals surface area contributed by atoms with Gasteiger partial charge in [0.15, 0.2) is 5.78 Å². The van der Waals surface area contributed by atoms with Crippen LogP contribution in [0.4, 0.5) is 4.39 Å². The standard InChI is InChI=1S/C30H33FO3/c1-29-17-16-24-23-12-10-22(34-3)18-20(23)7-11-25(24)26(29)13-14-27(29)30(2,33)28(32)15-6-19-4-8-21(31)9-5-19/h4-6,8-10,12,14-15,18,24-26,33H,7,11,13,16-17H2,1-3H3/b15-6+/t24-,25-,26+,29+,30+/m1/s1. The maximum Gasteiger partial charge on any atom is 0.191 e. The van der Waals surface area contributed by atoms with Gasteiger partial charge in [-0.15, -0.1) is 0 Å². The SMILES string of the molecule is COc1ccc2c(c1)CC[C@@H]1[C@@H]2CC[C@]2(C)C([C@](C)(O)C(=O)/C=C/c3ccc(F)cc3)=CC[C@@H]12. The maximum atomic E-state index is 13.2. The first-order valence-electron chi connectivity index (χ1n) is 12.3. The molecule has 2 aromatic rings. The van der Waals surface area contributed by atoms with Crippen LogP contribution in [0.3, 0.4) is 0 Å². The molecule has 2 aromatic carbocycles. The van der Waals surface area contributed by atoms with Gasteiger partial charge in [0, 0.05) is 0 Å². The van der Waals surface area contributed by atoms with Crippen molar-refractivity contribution >= 4 is 11.9 Å². The van der Waals surface area contributed by atoms with Crippen LogP contribution in [0.15, 0.2) is 60.2 Å². The van der Waals surface area contributed by atoms with E-state index in [-0.39, 0.29) is 17.0 Å². The number of aryl methyl sites for hydroxylation is 1. The van der Waals surface area contributed by atoms with Crippen LogP contribution < -0.4 is 4.74 Å². The van der Waals surface area contributed by atoms with E-state index in [0.717, 1.165) is 49.0 Å². The van der Waals surface area contributed by atoms with Crippen LogP contribution >= 0.6 is 0 Å². The number of carbonyl (C=O) groups is 1. The fraction of sp³-hybridized carbons (Fsp3) is 0.433. The van der Waals surface area contributed by atoms with E-state index in [4.69, 9.17) is 4.74 Å². The predicted molar refractivity (Wildman–Crippen MR) is 132 cm³/mol. The van der Waals surface area contributed by atoms with Crippen LogP contribution in [0, 0.1) is 23.1 Å². The third-order valence-electron chi connectivity index (χ3n) is 8.82. The van der Waals surface area contributed by atoms with Crippen LogP contribution in [-0.2, 0) is 11.2 Å². The predicted octanol–water partition coefficient (Wildman–Crippen LogP) is 6.26. The van der Waals surface area contributed by atoms with E-state index in [9.17, 15) is 14.3 Å². The molecule has 0 unspecified atom stereocenters. The third kappa shape index (κ3) is 3.73. The molecule has 0 radical (unpaired) electrons. The number of hydrogen-bond donors (Lipinski definition) is 1. The number of methoxy groups -OCH3 is 1. The molecule has 0 bridgehead atoms. The first-order chi connectivity index (χ1) is 16.2. The van der Waals surface area contributed by atoms with Gasteiger partial charge in [-0.05, 0) is 115 Å². The second kappa shape index (κ2) is 8.49. The number of aliphatic hydroxyl groups is 1. The smallest absolute Gasteiger partial charge is 0.191 e. The van der Waals surface area contributed by atoms with Crippen molar-refractivity contribution in [3.8, 4) is 5.75 Å². The quantitative estimate of drug-likeness (QED) is 0.423. The van der Waals surface area contributed by atoms with Gasteiger partial charge in [0.25, 0.3) is 0 Å². The molecule has 1 saturated carbocycles. The molecule has 0 aromatic heterocycles. The van der Waals surface area contributed by atoms with E-state index in [1.165, 1.54) is 29.3 Å². The lowest BCUT2D eigenvalue weighted by Crippen LogP contribution is -2.47. The van der Waals surface area contributed by atoms with Gasteiger partial charge in [-0.25, -0.2) is 4.39 Å². The molecule has 0 amide bonds. The van der Waals surface area contributed by atoms with Crippen molar-refractivity contribution in [3.63, 3.8) is 0 Å². The largest absolute Gasteiger partial charge is 0.497 e. The minimum absolute atomic E-state index is 0.186. The Morgan fingerprint density at radius 2 is 1.97 bits per heavy atom. The minimum Gasteiger partial charge on any atom is -0.497 e. The van der Waals surface area contributed by atoms with Crippen molar-refractivity contribution in [3.05, 3.63) is 82.7 Å². The molecule has 5 rings (SSSR count). The molecule has 4 heteroatoms. The second-order valence-corrected chi connectivity index (χ2v) is 10.6. The van der Waals surface area contributed by atoms with E-state index in [0.29, 0.717) is 17.8 Å². The summed E-state index contributed by atoms with van der Waals surface area (Å²) >= 11 is 0. The van der Waals surface area contributed by atoms with Gasteiger partial charge in [0.1, 0.15) is 17.2 Å². The fourth-order valence-corrected chi connectivity index (χ4v) is 7.05. The lowest BCUT2D eigenvalue weighted by atomic mass is 9.53. The summed E-state index contributed by atoms with van der Waals surface area (Å²) in [4.78, 5) is 13.2. The third-order valence-corrected chi connectivity index (χ3v) is 8.82. The van der Waals surface area contributed by atoms with Gasteiger partial charge in [0.2, 0.25) is 0 Å². The number of hydrogen-bond acceptors (Lipinski definition) is 3. The molecule has 0 aliphatic heterocycles. The second-order valence-electron chi connectivity index (χ2n) is 10.6. The van der Waals surface area contributed by atoms with Gasteiger partial charge in [-0.2, -0.15) is 0 Å². The van der Waals surface area contributed by atoms with Crippen molar-refractivity contribution in [1.29, 1.82) is 0 Å². The number of benzene rings is 2. The van der Waals surface area contributed by atoms with Crippen LogP contribution in [0.25, 0.3) is 6.08 Å². The average Bonchev–Trinajstić information content (AvgIpc) is 3.21. The van der Waals surface area contributed by atoms with Crippen molar-refractivity contribution in [2.24, 2.45) is 17.3 Å². The fourth-order valence-electron chi connectivity index (χ4n) is 7.05. The highest BCUT2D eigenvalue weighted by Crippen LogP contribution is 2.62. The molecule has 3 nitrogen and oxygen atoms in total. The van der Waals surface area contributed by atoms with Crippen molar-refractivity contribution in [2.75, 3.05) is 7.11 Å². The first kappa shape index (κ1) is 23.0. The van der Waals surface area contributed by atoms with Crippen LogP contribution in [0.1, 0.15) is 62.1 Å². The highest BCUT2D eigenvalue weighted by molar-refractivity contribution is 6.02. The maximum absolute atomic E-state index is 13.2. The zero-order valence-electron chi connectivity index (χ0n) is 20.2. The molecule has 5 atom stereocenters. The molecule has 0 heterocycles. The lowest BCUT2D eigenvalue weighted by Gasteiger charge is -2.51. The first-order valence-corrected chi connectivity index (χ1v) is 12.3. The number of allylic oxidation sites excluding steroid dienone is 1. The van der Waals surface area contributed by atoms with E-state index in [2.05, 4.69) is 31.2 Å². The van der Waals surface area contributed by atoms with Crippen LogP contribution in [0.5, 0.6) is 5.75 Å². The molecular weight excluding hydrogens is 427 g/mol. The normalized spacial score (nSPS) is 29.6. The van der Waals surface area contributed by atoms with Crippen LogP contribution in [-0.4, -0.2) is 23.6 Å². The molecule has 0 spiro atoms. The van der Waals surface area contributed by atoms with E-state index < -0.39 is 5.60 Å². The summed E-state index contributed by atoms with van der Waals surface area (Å²) in [6, 6.07) is 12.5. The Kier molecular flexibility index (Phi) is 5.76. The molecule has 34 heavy (non-hydrogen) atoms. The highest BCUT2D eigenvalue weighted by atomic mass is 19.1. The Morgan fingerprint density at radius 3 is 2.71 bits per heavy atom. The van der Waals surface area contributed by atoms with Gasteiger partial charge in [0.05, 0.1) is 7.11 Å². The van der Waals surface area contributed by atoms with Crippen molar-refractivity contribution in [2.45, 2.75) is 57.5 Å². The number of rotatable bonds is 5. The molecular formula is C30H33FO3. The van der Waals surface area contributed by atoms with E-state index >= 15 is 0 Å². The molecule has 3 aliphatic carbocycles. The molecule has 178 valence electrons.